The average molecular weight is 306 g/mol. The van der Waals surface area contributed by atoms with E-state index in [1.54, 1.807) is 6.20 Å². The van der Waals surface area contributed by atoms with Gasteiger partial charge in [-0.1, -0.05) is 37.9 Å². The van der Waals surface area contributed by atoms with Crippen LogP contribution in [0.5, 0.6) is 0 Å². The molecule has 2 aliphatic rings. The molecule has 1 fully saturated rings. The van der Waals surface area contributed by atoms with Gasteiger partial charge in [-0.2, -0.15) is 0 Å². The summed E-state index contributed by atoms with van der Waals surface area (Å²) in [7, 11) is 0. The molecule has 0 atom stereocenters. The first-order valence-corrected chi connectivity index (χ1v) is 8.14. The summed E-state index contributed by atoms with van der Waals surface area (Å²) in [6.07, 6.45) is 9.75. The van der Waals surface area contributed by atoms with E-state index in [2.05, 4.69) is 9.55 Å². The van der Waals surface area contributed by atoms with E-state index < -0.39 is 5.41 Å². The summed E-state index contributed by atoms with van der Waals surface area (Å²) in [6, 6.07) is 0. The smallest absolute Gasteiger partial charge is 0.236 e. The van der Waals surface area contributed by atoms with Crippen molar-refractivity contribution in [3.05, 3.63) is 18.2 Å². The molecule has 2 N–H and O–H groups in total. The number of aromatic nitrogens is 2. The molecule has 0 aromatic carbocycles. The van der Waals surface area contributed by atoms with Gasteiger partial charge in [0.2, 0.25) is 5.91 Å². The summed E-state index contributed by atoms with van der Waals surface area (Å²) in [5, 5.41) is 0. The van der Waals surface area contributed by atoms with Gasteiger partial charge in [0.15, 0.2) is 0 Å². The molecular weight excluding hydrogens is 284 g/mol. The van der Waals surface area contributed by atoms with E-state index in [1.807, 2.05) is 11.1 Å². The van der Waals surface area contributed by atoms with Crippen LogP contribution >= 0.6 is 12.2 Å². The topological polar surface area (TPSA) is 64.2 Å². The number of carbonyl (C=O) groups excluding carboxylic acids is 1. The lowest BCUT2D eigenvalue weighted by Crippen LogP contribution is -2.52. The van der Waals surface area contributed by atoms with Crippen LogP contribution < -0.4 is 5.73 Å². The van der Waals surface area contributed by atoms with Crippen molar-refractivity contribution >= 4 is 23.1 Å². The van der Waals surface area contributed by atoms with Crippen LogP contribution in [0.3, 0.4) is 0 Å². The molecule has 1 aliphatic carbocycles. The molecule has 1 amide bonds. The predicted molar refractivity (Wildman–Crippen MR) is 84.6 cm³/mol. The number of nitrogens with two attached hydrogens (primary N) is 1. The van der Waals surface area contributed by atoms with Gasteiger partial charge in [-0.3, -0.25) is 4.79 Å². The van der Waals surface area contributed by atoms with E-state index in [9.17, 15) is 4.79 Å². The Labute approximate surface area is 130 Å². The highest BCUT2D eigenvalue weighted by Crippen LogP contribution is 2.38. The fourth-order valence-electron chi connectivity index (χ4n) is 3.55. The fraction of sp³-hybridized carbons (Fsp3) is 0.667. The summed E-state index contributed by atoms with van der Waals surface area (Å²) in [4.78, 5) is 19.7. The van der Waals surface area contributed by atoms with Gasteiger partial charge >= 0.3 is 0 Å². The molecule has 2 heterocycles. The average Bonchev–Trinajstić information content (AvgIpc) is 2.80. The van der Waals surface area contributed by atoms with Crippen LogP contribution in [0.25, 0.3) is 0 Å². The Balaban J connectivity index is 1.83. The molecule has 21 heavy (non-hydrogen) atoms. The number of hydrogen-bond donors (Lipinski definition) is 1. The molecule has 3 rings (SSSR count). The Morgan fingerprint density at radius 1 is 1.24 bits per heavy atom. The minimum Gasteiger partial charge on any atom is -0.392 e. The second-order valence-corrected chi connectivity index (χ2v) is 6.56. The quantitative estimate of drug-likeness (QED) is 0.669. The molecule has 114 valence electrons. The SMILES string of the molecule is NC(=S)C1(C(=O)N2CCn3ccnc3C2)CCCCCC1. The number of amides is 1. The first kappa shape index (κ1) is 14.5. The standard InChI is InChI=1S/C15H22N4OS/c16-13(21)15(5-3-1-2-4-6-15)14(20)19-10-9-18-8-7-17-12(18)11-19/h7-8H,1-6,9-11H2,(H2,16,21). The van der Waals surface area contributed by atoms with Gasteiger partial charge in [0, 0.05) is 25.5 Å². The van der Waals surface area contributed by atoms with Crippen LogP contribution in [0.2, 0.25) is 0 Å². The normalized spacial score (nSPS) is 21.4. The monoisotopic (exact) mass is 306 g/mol. The minimum absolute atomic E-state index is 0.117. The van der Waals surface area contributed by atoms with Crippen molar-refractivity contribution in [2.24, 2.45) is 11.1 Å². The highest BCUT2D eigenvalue weighted by Gasteiger charge is 2.44. The number of fused-ring (bicyclic) bond motifs is 1. The number of carbonyl (C=O) groups is 1. The van der Waals surface area contributed by atoms with E-state index in [4.69, 9.17) is 18.0 Å². The zero-order valence-electron chi connectivity index (χ0n) is 12.3. The van der Waals surface area contributed by atoms with Crippen molar-refractivity contribution in [2.75, 3.05) is 6.54 Å². The van der Waals surface area contributed by atoms with E-state index in [0.29, 0.717) is 18.1 Å². The highest BCUT2D eigenvalue weighted by molar-refractivity contribution is 7.80. The number of hydrogen-bond acceptors (Lipinski definition) is 3. The third kappa shape index (κ3) is 2.57. The van der Waals surface area contributed by atoms with E-state index >= 15 is 0 Å². The second-order valence-electron chi connectivity index (χ2n) is 6.12. The molecule has 1 saturated carbocycles. The molecule has 1 aromatic rings. The highest BCUT2D eigenvalue weighted by atomic mass is 32.1. The van der Waals surface area contributed by atoms with Crippen LogP contribution in [0.15, 0.2) is 12.4 Å². The number of thiocarbonyl (C=S) groups is 1. The van der Waals surface area contributed by atoms with Crippen LogP contribution in [-0.4, -0.2) is 31.9 Å². The van der Waals surface area contributed by atoms with Gasteiger partial charge in [0.1, 0.15) is 5.82 Å². The van der Waals surface area contributed by atoms with Crippen LogP contribution in [0.4, 0.5) is 0 Å². The number of rotatable bonds is 2. The zero-order chi connectivity index (χ0) is 14.9. The van der Waals surface area contributed by atoms with Crippen molar-refractivity contribution in [1.29, 1.82) is 0 Å². The van der Waals surface area contributed by atoms with Crippen LogP contribution in [0.1, 0.15) is 44.3 Å². The molecule has 0 saturated heterocycles. The maximum absolute atomic E-state index is 13.1. The van der Waals surface area contributed by atoms with E-state index in [1.165, 1.54) is 12.8 Å². The van der Waals surface area contributed by atoms with Crippen LogP contribution in [-0.2, 0) is 17.9 Å². The van der Waals surface area contributed by atoms with Crippen molar-refractivity contribution in [2.45, 2.75) is 51.6 Å². The summed E-state index contributed by atoms with van der Waals surface area (Å²) >= 11 is 5.30. The van der Waals surface area contributed by atoms with Gasteiger partial charge in [0.05, 0.1) is 16.9 Å². The third-order valence-corrected chi connectivity index (χ3v) is 5.26. The van der Waals surface area contributed by atoms with Gasteiger partial charge in [-0.15, -0.1) is 0 Å². The lowest BCUT2D eigenvalue weighted by atomic mass is 9.78. The van der Waals surface area contributed by atoms with Crippen LogP contribution in [0, 0.1) is 5.41 Å². The lowest BCUT2D eigenvalue weighted by molar-refractivity contribution is -0.140. The molecule has 0 spiro atoms. The number of nitrogens with zero attached hydrogens (tertiary/aromatic N) is 3. The van der Waals surface area contributed by atoms with Gasteiger partial charge in [-0.05, 0) is 12.8 Å². The van der Waals surface area contributed by atoms with Crippen molar-refractivity contribution in [3.8, 4) is 0 Å². The minimum atomic E-state index is -0.624. The summed E-state index contributed by atoms with van der Waals surface area (Å²) < 4.78 is 2.10. The largest absolute Gasteiger partial charge is 0.392 e. The summed E-state index contributed by atoms with van der Waals surface area (Å²) in [5.41, 5.74) is 5.39. The lowest BCUT2D eigenvalue weighted by Gasteiger charge is -2.37. The molecule has 0 bridgehead atoms. The van der Waals surface area contributed by atoms with E-state index in [-0.39, 0.29) is 5.91 Å². The van der Waals surface area contributed by atoms with Crippen molar-refractivity contribution in [3.63, 3.8) is 0 Å². The van der Waals surface area contributed by atoms with E-state index in [0.717, 1.165) is 38.1 Å². The molecule has 0 radical (unpaired) electrons. The Bertz CT molecular complexity index is 546. The van der Waals surface area contributed by atoms with Gasteiger partial charge in [-0.25, -0.2) is 4.98 Å². The second kappa shape index (κ2) is 5.75. The molecule has 5 nitrogen and oxygen atoms in total. The van der Waals surface area contributed by atoms with Gasteiger partial charge < -0.3 is 15.2 Å². The Morgan fingerprint density at radius 3 is 2.62 bits per heavy atom. The Kier molecular flexibility index (Phi) is 3.97. The molecule has 0 unspecified atom stereocenters. The molecule has 1 aliphatic heterocycles. The van der Waals surface area contributed by atoms with Crippen molar-refractivity contribution < 1.29 is 4.79 Å². The summed E-state index contributed by atoms with van der Waals surface area (Å²) in [6.45, 7) is 2.08. The maximum atomic E-state index is 13.1. The first-order valence-electron chi connectivity index (χ1n) is 7.73. The molecule has 1 aromatic heterocycles. The Hall–Kier alpha value is -1.43. The Morgan fingerprint density at radius 2 is 1.95 bits per heavy atom. The molecular formula is C15H22N4OS. The zero-order valence-corrected chi connectivity index (χ0v) is 13.1. The number of imidazole rings is 1. The van der Waals surface area contributed by atoms with Crippen molar-refractivity contribution in [1.82, 2.24) is 14.5 Å². The molecule has 6 heteroatoms. The fourth-order valence-corrected chi connectivity index (χ4v) is 3.84. The predicted octanol–water partition coefficient (Wildman–Crippen LogP) is 1.85. The third-order valence-electron chi connectivity index (χ3n) is 4.87. The van der Waals surface area contributed by atoms with Gasteiger partial charge in [0.25, 0.3) is 0 Å². The maximum Gasteiger partial charge on any atom is 0.236 e. The first-order chi connectivity index (χ1) is 10.1. The summed E-state index contributed by atoms with van der Waals surface area (Å²) in [5.74, 6) is 1.06.